The van der Waals surface area contributed by atoms with E-state index in [4.69, 9.17) is 5.11 Å². The number of hydrogen-bond acceptors (Lipinski definition) is 4. The molecular weight excluding hydrogens is 332 g/mol. The maximum atomic E-state index is 12.2. The minimum absolute atomic E-state index is 0.0490. The number of allylic oxidation sites excluding steroid dienone is 2. The molecule has 0 aromatic heterocycles. The molecule has 5 nitrogen and oxygen atoms in total. The zero-order valence-electron chi connectivity index (χ0n) is 16.1. The molecule has 0 spiro atoms. The summed E-state index contributed by atoms with van der Waals surface area (Å²) in [4.78, 5) is 22.6. The summed E-state index contributed by atoms with van der Waals surface area (Å²) in [5, 5.41) is 29.3. The topological polar surface area (TPSA) is 94.8 Å². The fraction of sp³-hybridized carbons (Fsp3) is 0.714. The van der Waals surface area contributed by atoms with Crippen molar-refractivity contribution in [2.75, 3.05) is 0 Å². The quantitative estimate of drug-likeness (QED) is 0.362. The summed E-state index contributed by atoms with van der Waals surface area (Å²) in [6.07, 6.45) is 12.5. The van der Waals surface area contributed by atoms with Crippen LogP contribution in [0.2, 0.25) is 0 Å². The van der Waals surface area contributed by atoms with Gasteiger partial charge in [0.1, 0.15) is 5.78 Å². The van der Waals surface area contributed by atoms with Gasteiger partial charge in [-0.1, -0.05) is 50.5 Å². The first-order valence-electron chi connectivity index (χ1n) is 9.76. The van der Waals surface area contributed by atoms with Crippen molar-refractivity contribution >= 4 is 11.8 Å². The molecule has 0 bridgehead atoms. The van der Waals surface area contributed by atoms with Crippen molar-refractivity contribution in [2.45, 2.75) is 83.3 Å². The molecule has 1 aliphatic carbocycles. The maximum absolute atomic E-state index is 12.2. The summed E-state index contributed by atoms with van der Waals surface area (Å²) in [7, 11) is 0. The third-order valence-corrected chi connectivity index (χ3v) is 5.01. The Hall–Kier alpha value is -1.46. The van der Waals surface area contributed by atoms with Crippen LogP contribution in [0.15, 0.2) is 24.3 Å². The number of Topliss-reactive ketones (excluding diaryl/α,β-unsaturated/α-hetero) is 1. The van der Waals surface area contributed by atoms with E-state index in [2.05, 4.69) is 6.92 Å². The van der Waals surface area contributed by atoms with Gasteiger partial charge in [0, 0.05) is 24.7 Å². The lowest BCUT2D eigenvalue weighted by molar-refractivity contribution is -0.137. The van der Waals surface area contributed by atoms with Crippen LogP contribution in [0.3, 0.4) is 0 Å². The molecule has 1 aliphatic rings. The Labute approximate surface area is 156 Å². The summed E-state index contributed by atoms with van der Waals surface area (Å²) in [5.74, 6) is -1.30. The van der Waals surface area contributed by atoms with Gasteiger partial charge in [-0.05, 0) is 32.6 Å². The Morgan fingerprint density at radius 2 is 2.00 bits per heavy atom. The van der Waals surface area contributed by atoms with E-state index in [-0.39, 0.29) is 30.5 Å². The zero-order chi connectivity index (χ0) is 19.6. The number of hydrogen-bond donors (Lipinski definition) is 3. The van der Waals surface area contributed by atoms with Gasteiger partial charge in [0.2, 0.25) is 0 Å². The van der Waals surface area contributed by atoms with Crippen LogP contribution in [-0.2, 0) is 9.59 Å². The van der Waals surface area contributed by atoms with Crippen LogP contribution >= 0.6 is 0 Å². The number of unbranched alkanes of at least 4 members (excludes halogenated alkanes) is 3. The van der Waals surface area contributed by atoms with Crippen molar-refractivity contribution in [3.63, 3.8) is 0 Å². The van der Waals surface area contributed by atoms with E-state index in [0.717, 1.165) is 19.3 Å². The summed E-state index contributed by atoms with van der Waals surface area (Å²) in [5.41, 5.74) is -0.919. The second kappa shape index (κ2) is 11.3. The Balaban J connectivity index is 2.58. The first kappa shape index (κ1) is 22.6. The van der Waals surface area contributed by atoms with Gasteiger partial charge >= 0.3 is 5.97 Å². The highest BCUT2D eigenvalue weighted by Gasteiger charge is 2.39. The van der Waals surface area contributed by atoms with E-state index in [9.17, 15) is 19.8 Å². The molecule has 5 heteroatoms. The minimum Gasteiger partial charge on any atom is -0.481 e. The largest absolute Gasteiger partial charge is 0.481 e. The number of aliphatic hydroxyl groups is 2. The molecule has 0 aliphatic heterocycles. The number of carbonyl (C=O) groups is 2. The van der Waals surface area contributed by atoms with Crippen molar-refractivity contribution in [3.05, 3.63) is 24.3 Å². The van der Waals surface area contributed by atoms with E-state index >= 15 is 0 Å². The van der Waals surface area contributed by atoms with E-state index in [1.807, 2.05) is 18.2 Å². The van der Waals surface area contributed by atoms with E-state index < -0.39 is 17.7 Å². The molecule has 1 saturated carbocycles. The van der Waals surface area contributed by atoms with Crippen LogP contribution in [-0.4, -0.2) is 38.8 Å². The smallest absolute Gasteiger partial charge is 0.303 e. The molecular formula is C21H34O5. The molecule has 0 heterocycles. The third kappa shape index (κ3) is 8.28. The average Bonchev–Trinajstić information content (AvgIpc) is 2.82. The maximum Gasteiger partial charge on any atom is 0.303 e. The van der Waals surface area contributed by atoms with Crippen LogP contribution in [0.1, 0.15) is 71.6 Å². The van der Waals surface area contributed by atoms with Gasteiger partial charge < -0.3 is 15.3 Å². The molecule has 1 fully saturated rings. The molecule has 0 radical (unpaired) electrons. The Morgan fingerprint density at radius 3 is 2.65 bits per heavy atom. The number of ketones is 1. The highest BCUT2D eigenvalue weighted by Crippen LogP contribution is 2.34. The molecule has 0 aromatic rings. The Bertz CT molecular complexity index is 507. The van der Waals surface area contributed by atoms with E-state index in [1.165, 1.54) is 0 Å². The number of carbonyl (C=O) groups excluding carboxylic acids is 1. The fourth-order valence-electron chi connectivity index (χ4n) is 3.39. The van der Waals surface area contributed by atoms with Crippen LogP contribution < -0.4 is 0 Å². The highest BCUT2D eigenvalue weighted by molar-refractivity contribution is 5.84. The number of aliphatic carboxylic acids is 1. The van der Waals surface area contributed by atoms with Crippen LogP contribution in [0.25, 0.3) is 0 Å². The standard InChI is InChI=1S/C21H34O5/c1-3-4-9-13-21(2,26)14-12-17-16(18(22)15-19(17)23)10-7-5-6-8-11-20(24)25/h5,7,12,14,16-17,19,23,26H,3-4,6,8-11,13,15H2,1-2H3,(H,24,25)/b7-5-,14-12+/t16-,17-,19?,21+/m1/s1. The van der Waals surface area contributed by atoms with Gasteiger partial charge in [0.05, 0.1) is 11.7 Å². The second-order valence-corrected chi connectivity index (χ2v) is 7.59. The first-order valence-corrected chi connectivity index (χ1v) is 9.76. The van der Waals surface area contributed by atoms with Crippen LogP contribution in [0.4, 0.5) is 0 Å². The zero-order valence-corrected chi connectivity index (χ0v) is 16.1. The molecule has 0 aromatic carbocycles. The number of aliphatic hydroxyl groups excluding tert-OH is 1. The van der Waals surface area contributed by atoms with Gasteiger partial charge in [-0.2, -0.15) is 0 Å². The predicted octanol–water partition coefficient (Wildman–Crippen LogP) is 3.64. The van der Waals surface area contributed by atoms with E-state index in [0.29, 0.717) is 25.7 Å². The second-order valence-electron chi connectivity index (χ2n) is 7.59. The van der Waals surface area contributed by atoms with Crippen LogP contribution in [0, 0.1) is 11.8 Å². The molecule has 26 heavy (non-hydrogen) atoms. The highest BCUT2D eigenvalue weighted by atomic mass is 16.4. The molecule has 1 rings (SSSR count). The van der Waals surface area contributed by atoms with E-state index in [1.54, 1.807) is 13.0 Å². The normalized spacial score (nSPS) is 26.0. The van der Waals surface area contributed by atoms with Crippen molar-refractivity contribution in [1.29, 1.82) is 0 Å². The molecule has 4 atom stereocenters. The van der Waals surface area contributed by atoms with Gasteiger partial charge in [0.25, 0.3) is 0 Å². The lowest BCUT2D eigenvalue weighted by Gasteiger charge is -2.21. The molecule has 0 amide bonds. The molecule has 1 unspecified atom stereocenters. The van der Waals surface area contributed by atoms with Gasteiger partial charge in [-0.25, -0.2) is 0 Å². The summed E-state index contributed by atoms with van der Waals surface area (Å²) in [6, 6.07) is 0. The monoisotopic (exact) mass is 366 g/mol. The first-order chi connectivity index (χ1) is 12.3. The van der Waals surface area contributed by atoms with Gasteiger partial charge in [-0.15, -0.1) is 0 Å². The van der Waals surface area contributed by atoms with Crippen molar-refractivity contribution < 1.29 is 24.9 Å². The molecule has 148 valence electrons. The van der Waals surface area contributed by atoms with Crippen molar-refractivity contribution in [3.8, 4) is 0 Å². The summed E-state index contributed by atoms with van der Waals surface area (Å²) in [6.45, 7) is 3.88. The average molecular weight is 366 g/mol. The molecule has 0 saturated heterocycles. The minimum atomic E-state index is -0.919. The Kier molecular flexibility index (Phi) is 9.81. The number of rotatable bonds is 12. The van der Waals surface area contributed by atoms with Crippen LogP contribution in [0.5, 0.6) is 0 Å². The van der Waals surface area contributed by atoms with Gasteiger partial charge in [-0.3, -0.25) is 9.59 Å². The number of carboxylic acid groups (broad SMARTS) is 1. The lowest BCUT2D eigenvalue weighted by Crippen LogP contribution is -2.23. The predicted molar refractivity (Wildman–Crippen MR) is 102 cm³/mol. The summed E-state index contributed by atoms with van der Waals surface area (Å²) < 4.78 is 0. The third-order valence-electron chi connectivity index (χ3n) is 5.01. The lowest BCUT2D eigenvalue weighted by atomic mass is 9.88. The molecule has 3 N–H and O–H groups in total. The summed E-state index contributed by atoms with van der Waals surface area (Å²) >= 11 is 0. The van der Waals surface area contributed by atoms with Crippen molar-refractivity contribution in [1.82, 2.24) is 0 Å². The van der Waals surface area contributed by atoms with Crippen molar-refractivity contribution in [2.24, 2.45) is 11.8 Å². The number of carboxylic acids is 1. The fourth-order valence-corrected chi connectivity index (χ4v) is 3.39. The van der Waals surface area contributed by atoms with Gasteiger partial charge in [0.15, 0.2) is 0 Å². The Morgan fingerprint density at radius 1 is 1.27 bits per heavy atom. The SMILES string of the molecule is CCCCC[C@](C)(O)/C=C/[C@H]1C(O)CC(=O)[C@@H]1C/C=C\CCCC(=O)O.